The van der Waals surface area contributed by atoms with Crippen LogP contribution in [-0.2, 0) is 11.3 Å². The van der Waals surface area contributed by atoms with Crippen molar-refractivity contribution < 1.29 is 9.59 Å². The standard InChI is InChI=1S/C22H29N3O2S/c1-4-24(15-17-9-11-19(12-10-17)23(2)3)21(26)18-7-5-13-25(16-18)22(27)20-8-6-14-28-20/h6,8-12,14,18H,4-5,7,13,15-16H2,1-3H3. The summed E-state index contributed by atoms with van der Waals surface area (Å²) in [5.41, 5.74) is 2.27. The zero-order valence-corrected chi connectivity index (χ0v) is 17.7. The molecule has 3 rings (SSSR count). The maximum atomic E-state index is 13.1. The van der Waals surface area contributed by atoms with Crippen molar-refractivity contribution in [2.75, 3.05) is 38.6 Å². The zero-order chi connectivity index (χ0) is 20.1. The van der Waals surface area contributed by atoms with Gasteiger partial charge in [-0.1, -0.05) is 18.2 Å². The number of thiophene rings is 1. The van der Waals surface area contributed by atoms with Gasteiger partial charge in [-0.05, 0) is 48.9 Å². The third-order valence-electron chi connectivity index (χ3n) is 5.31. The molecule has 2 aromatic rings. The van der Waals surface area contributed by atoms with E-state index in [4.69, 9.17) is 0 Å². The van der Waals surface area contributed by atoms with Crippen molar-refractivity contribution in [2.24, 2.45) is 5.92 Å². The minimum atomic E-state index is -0.112. The van der Waals surface area contributed by atoms with Crippen LogP contribution in [0.15, 0.2) is 41.8 Å². The van der Waals surface area contributed by atoms with E-state index in [1.165, 1.54) is 11.3 Å². The zero-order valence-electron chi connectivity index (χ0n) is 16.9. The molecule has 150 valence electrons. The van der Waals surface area contributed by atoms with E-state index in [1.807, 2.05) is 48.3 Å². The van der Waals surface area contributed by atoms with Crippen molar-refractivity contribution in [2.45, 2.75) is 26.3 Å². The molecule has 1 aromatic carbocycles. The minimum Gasteiger partial charge on any atom is -0.378 e. The van der Waals surface area contributed by atoms with Gasteiger partial charge in [-0.15, -0.1) is 11.3 Å². The topological polar surface area (TPSA) is 43.9 Å². The first-order chi connectivity index (χ1) is 13.5. The van der Waals surface area contributed by atoms with Crippen LogP contribution in [0.1, 0.15) is 35.0 Å². The maximum Gasteiger partial charge on any atom is 0.263 e. The second-order valence-corrected chi connectivity index (χ2v) is 8.43. The molecule has 1 fully saturated rings. The summed E-state index contributed by atoms with van der Waals surface area (Å²) in [6, 6.07) is 12.1. The molecule has 0 radical (unpaired) electrons. The Bertz CT molecular complexity index is 787. The number of benzene rings is 1. The number of likely N-dealkylation sites (tertiary alicyclic amines) is 1. The van der Waals surface area contributed by atoms with E-state index in [0.29, 0.717) is 19.6 Å². The Labute approximate surface area is 171 Å². The highest BCUT2D eigenvalue weighted by atomic mass is 32.1. The molecule has 0 N–H and O–H groups in total. The summed E-state index contributed by atoms with van der Waals surface area (Å²) in [7, 11) is 4.03. The van der Waals surface area contributed by atoms with Gasteiger partial charge in [0.2, 0.25) is 5.91 Å². The van der Waals surface area contributed by atoms with Gasteiger partial charge in [0, 0.05) is 46.0 Å². The number of rotatable bonds is 6. The van der Waals surface area contributed by atoms with Crippen LogP contribution in [0.25, 0.3) is 0 Å². The molecular weight excluding hydrogens is 370 g/mol. The van der Waals surface area contributed by atoms with Crippen LogP contribution in [0.4, 0.5) is 5.69 Å². The largest absolute Gasteiger partial charge is 0.378 e. The molecule has 1 aliphatic rings. The van der Waals surface area contributed by atoms with Crippen molar-refractivity contribution in [1.82, 2.24) is 9.80 Å². The summed E-state index contributed by atoms with van der Waals surface area (Å²) >= 11 is 1.46. The van der Waals surface area contributed by atoms with Gasteiger partial charge >= 0.3 is 0 Å². The molecule has 2 amide bonds. The summed E-state index contributed by atoms with van der Waals surface area (Å²) in [5.74, 6) is 0.0938. The molecular formula is C22H29N3O2S. The van der Waals surface area contributed by atoms with Crippen LogP contribution in [-0.4, -0.2) is 55.3 Å². The summed E-state index contributed by atoms with van der Waals surface area (Å²) in [6.07, 6.45) is 1.73. The molecule has 1 saturated heterocycles. The Balaban J connectivity index is 1.64. The molecule has 2 heterocycles. The van der Waals surface area contributed by atoms with Crippen molar-refractivity contribution in [1.29, 1.82) is 0 Å². The van der Waals surface area contributed by atoms with Gasteiger partial charge in [-0.2, -0.15) is 0 Å². The van der Waals surface area contributed by atoms with E-state index in [2.05, 4.69) is 29.2 Å². The smallest absolute Gasteiger partial charge is 0.263 e. The number of hydrogen-bond donors (Lipinski definition) is 0. The molecule has 6 heteroatoms. The van der Waals surface area contributed by atoms with Crippen LogP contribution < -0.4 is 4.90 Å². The van der Waals surface area contributed by atoms with Gasteiger partial charge < -0.3 is 14.7 Å². The molecule has 1 atom stereocenters. The Morgan fingerprint density at radius 3 is 2.54 bits per heavy atom. The number of carbonyl (C=O) groups excluding carboxylic acids is 2. The first-order valence-corrected chi connectivity index (χ1v) is 10.8. The quantitative estimate of drug-likeness (QED) is 0.744. The fourth-order valence-corrected chi connectivity index (χ4v) is 4.33. The highest BCUT2D eigenvalue weighted by molar-refractivity contribution is 7.12. The maximum absolute atomic E-state index is 13.1. The number of amides is 2. The average Bonchev–Trinajstić information content (AvgIpc) is 3.26. The van der Waals surface area contributed by atoms with Crippen molar-refractivity contribution in [3.8, 4) is 0 Å². The van der Waals surface area contributed by atoms with Crippen LogP contribution >= 0.6 is 11.3 Å². The van der Waals surface area contributed by atoms with Crippen molar-refractivity contribution in [3.63, 3.8) is 0 Å². The van der Waals surface area contributed by atoms with E-state index in [-0.39, 0.29) is 17.7 Å². The van der Waals surface area contributed by atoms with E-state index in [9.17, 15) is 9.59 Å². The first kappa shape index (κ1) is 20.4. The Kier molecular flexibility index (Phi) is 6.73. The van der Waals surface area contributed by atoms with Crippen LogP contribution in [0.2, 0.25) is 0 Å². The molecule has 1 unspecified atom stereocenters. The minimum absolute atomic E-state index is 0.0508. The number of carbonyl (C=O) groups is 2. The van der Waals surface area contributed by atoms with Gasteiger partial charge in [0.25, 0.3) is 5.91 Å². The number of hydrogen-bond acceptors (Lipinski definition) is 4. The Morgan fingerprint density at radius 2 is 1.93 bits per heavy atom. The van der Waals surface area contributed by atoms with E-state index < -0.39 is 0 Å². The highest BCUT2D eigenvalue weighted by Crippen LogP contribution is 2.23. The van der Waals surface area contributed by atoms with E-state index in [1.54, 1.807) is 0 Å². The molecule has 0 aliphatic carbocycles. The molecule has 0 bridgehead atoms. The fourth-order valence-electron chi connectivity index (χ4n) is 3.64. The molecule has 28 heavy (non-hydrogen) atoms. The fraction of sp³-hybridized carbons (Fsp3) is 0.455. The lowest BCUT2D eigenvalue weighted by Gasteiger charge is -2.34. The second kappa shape index (κ2) is 9.24. The SMILES string of the molecule is CCN(Cc1ccc(N(C)C)cc1)C(=O)C1CCCN(C(=O)c2cccs2)C1. The van der Waals surface area contributed by atoms with Gasteiger partial charge in [0.05, 0.1) is 10.8 Å². The average molecular weight is 400 g/mol. The third-order valence-corrected chi connectivity index (χ3v) is 6.17. The van der Waals surface area contributed by atoms with Gasteiger partial charge in [0.1, 0.15) is 0 Å². The first-order valence-electron chi connectivity index (χ1n) is 9.87. The molecule has 1 aliphatic heterocycles. The lowest BCUT2D eigenvalue weighted by Crippen LogP contribution is -2.46. The molecule has 0 spiro atoms. The summed E-state index contributed by atoms with van der Waals surface area (Å²) in [4.78, 5) is 32.4. The predicted molar refractivity (Wildman–Crippen MR) is 115 cm³/mol. The van der Waals surface area contributed by atoms with Gasteiger partial charge in [-0.3, -0.25) is 9.59 Å². The highest BCUT2D eigenvalue weighted by Gasteiger charge is 2.31. The molecule has 1 aromatic heterocycles. The van der Waals surface area contributed by atoms with Gasteiger partial charge in [0.15, 0.2) is 0 Å². The Hall–Kier alpha value is -2.34. The number of piperidine rings is 1. The molecule has 0 saturated carbocycles. The van der Waals surface area contributed by atoms with Crippen molar-refractivity contribution in [3.05, 3.63) is 52.2 Å². The van der Waals surface area contributed by atoms with Crippen molar-refractivity contribution >= 4 is 28.8 Å². The van der Waals surface area contributed by atoms with Gasteiger partial charge in [-0.25, -0.2) is 0 Å². The number of anilines is 1. The summed E-state index contributed by atoms with van der Waals surface area (Å²) < 4.78 is 0. The summed E-state index contributed by atoms with van der Waals surface area (Å²) in [6.45, 7) is 4.55. The number of nitrogens with zero attached hydrogens (tertiary/aromatic N) is 3. The van der Waals surface area contributed by atoms with Crippen LogP contribution in [0.5, 0.6) is 0 Å². The Morgan fingerprint density at radius 1 is 1.18 bits per heavy atom. The lowest BCUT2D eigenvalue weighted by molar-refractivity contribution is -0.137. The second-order valence-electron chi connectivity index (χ2n) is 7.48. The third kappa shape index (κ3) is 4.73. The van der Waals surface area contributed by atoms with Crippen LogP contribution in [0.3, 0.4) is 0 Å². The summed E-state index contributed by atoms with van der Waals surface area (Å²) in [5, 5.41) is 1.92. The van der Waals surface area contributed by atoms with Crippen LogP contribution in [0, 0.1) is 5.92 Å². The van der Waals surface area contributed by atoms with E-state index >= 15 is 0 Å². The normalized spacial score (nSPS) is 16.7. The predicted octanol–water partition coefficient (Wildman–Crippen LogP) is 3.72. The molecule has 5 nitrogen and oxygen atoms in total. The monoisotopic (exact) mass is 399 g/mol. The lowest BCUT2D eigenvalue weighted by atomic mass is 9.96. The van der Waals surface area contributed by atoms with E-state index in [0.717, 1.165) is 35.5 Å².